The van der Waals surface area contributed by atoms with Gasteiger partial charge in [0.25, 0.3) is 5.91 Å². The number of amides is 1. The predicted molar refractivity (Wildman–Crippen MR) is 105 cm³/mol. The maximum Gasteiger partial charge on any atom is 0.271 e. The number of nitrogens with two attached hydrogens (primary N) is 1. The van der Waals surface area contributed by atoms with E-state index < -0.39 is 15.7 Å². The average Bonchev–Trinajstić information content (AvgIpc) is 2.60. The fraction of sp³-hybridized carbons (Fsp3) is 0.211. The van der Waals surface area contributed by atoms with Gasteiger partial charge in [-0.25, -0.2) is 8.42 Å². The van der Waals surface area contributed by atoms with E-state index in [-0.39, 0.29) is 16.6 Å². The zero-order chi connectivity index (χ0) is 19.8. The van der Waals surface area contributed by atoms with E-state index >= 15 is 0 Å². The Labute approximate surface area is 157 Å². The Balaban J connectivity index is 2.17. The van der Waals surface area contributed by atoms with Gasteiger partial charge in [0.2, 0.25) is 0 Å². The van der Waals surface area contributed by atoms with E-state index in [9.17, 15) is 13.2 Å². The smallest absolute Gasteiger partial charge is 0.271 e. The molecule has 2 aromatic carbocycles. The summed E-state index contributed by atoms with van der Waals surface area (Å²) in [6, 6.07) is 12.3. The normalized spacial score (nSPS) is 11.7. The Kier molecular flexibility index (Phi) is 4.84. The van der Waals surface area contributed by atoms with E-state index in [1.54, 1.807) is 30.3 Å². The number of rotatable bonds is 5. The highest BCUT2D eigenvalue weighted by Gasteiger charge is 2.17. The molecule has 0 aliphatic carbocycles. The van der Waals surface area contributed by atoms with Crippen LogP contribution in [0.5, 0.6) is 0 Å². The minimum atomic E-state index is -3.25. The number of sulfone groups is 1. The van der Waals surface area contributed by atoms with Crippen molar-refractivity contribution in [1.82, 2.24) is 10.2 Å². The zero-order valence-corrected chi connectivity index (χ0v) is 16.0. The van der Waals surface area contributed by atoms with Gasteiger partial charge in [-0.05, 0) is 49.2 Å². The molecule has 8 heteroatoms. The molecule has 0 aliphatic rings. The third-order valence-electron chi connectivity index (χ3n) is 4.04. The van der Waals surface area contributed by atoms with Crippen LogP contribution in [0.3, 0.4) is 0 Å². The first-order chi connectivity index (χ1) is 12.7. The molecule has 0 bridgehead atoms. The van der Waals surface area contributed by atoms with Gasteiger partial charge in [0.15, 0.2) is 15.5 Å². The number of hydrogen-bond donors (Lipinski definition) is 2. The Bertz CT molecular complexity index is 1120. The van der Waals surface area contributed by atoms with Crippen molar-refractivity contribution in [3.05, 3.63) is 48.2 Å². The first-order valence-corrected chi connectivity index (χ1v) is 10.2. The lowest BCUT2D eigenvalue weighted by molar-refractivity contribution is 0.0995. The van der Waals surface area contributed by atoms with Crippen molar-refractivity contribution >= 4 is 32.3 Å². The van der Waals surface area contributed by atoms with Gasteiger partial charge in [-0.3, -0.25) is 4.79 Å². The van der Waals surface area contributed by atoms with Gasteiger partial charge < -0.3 is 11.1 Å². The van der Waals surface area contributed by atoms with Crippen LogP contribution < -0.4 is 11.1 Å². The fourth-order valence-electron chi connectivity index (χ4n) is 2.79. The number of hydrogen-bond acceptors (Lipinski definition) is 6. The van der Waals surface area contributed by atoms with E-state index in [0.29, 0.717) is 11.2 Å². The van der Waals surface area contributed by atoms with Crippen molar-refractivity contribution in [2.75, 3.05) is 11.6 Å². The average molecular weight is 384 g/mol. The lowest BCUT2D eigenvalue weighted by Crippen LogP contribution is -2.20. The van der Waals surface area contributed by atoms with Gasteiger partial charge in [-0.15, -0.1) is 10.2 Å². The molecule has 1 amide bonds. The van der Waals surface area contributed by atoms with Crippen molar-refractivity contribution in [2.24, 2.45) is 5.73 Å². The van der Waals surface area contributed by atoms with E-state index in [4.69, 9.17) is 5.73 Å². The standard InChI is InChI=1S/C19H20N4O3S/c1-11(2)21-17-15-10-13(6-9-16(15)22-23-18(17)19(20)24)12-4-7-14(8-5-12)27(3,25)26/h4-11H,1-3H3,(H2,20,24)(H,21,22). The van der Waals surface area contributed by atoms with Crippen molar-refractivity contribution in [1.29, 1.82) is 0 Å². The van der Waals surface area contributed by atoms with Crippen LogP contribution in [0.1, 0.15) is 24.3 Å². The van der Waals surface area contributed by atoms with Crippen molar-refractivity contribution < 1.29 is 13.2 Å². The van der Waals surface area contributed by atoms with Crippen molar-refractivity contribution in [3.8, 4) is 11.1 Å². The molecule has 140 valence electrons. The molecule has 0 aliphatic heterocycles. The molecular weight excluding hydrogens is 364 g/mol. The van der Waals surface area contributed by atoms with Crippen LogP contribution in [0.4, 0.5) is 5.69 Å². The third-order valence-corrected chi connectivity index (χ3v) is 5.17. The van der Waals surface area contributed by atoms with Crippen LogP contribution in [0.25, 0.3) is 22.0 Å². The molecule has 3 aromatic rings. The van der Waals surface area contributed by atoms with Gasteiger partial charge in [-0.1, -0.05) is 18.2 Å². The van der Waals surface area contributed by atoms with Crippen LogP contribution in [0, 0.1) is 0 Å². The quantitative estimate of drug-likeness (QED) is 0.699. The maximum atomic E-state index is 11.8. The first kappa shape index (κ1) is 18.8. The lowest BCUT2D eigenvalue weighted by atomic mass is 10.0. The van der Waals surface area contributed by atoms with Crippen molar-refractivity contribution in [3.63, 3.8) is 0 Å². The summed E-state index contributed by atoms with van der Waals surface area (Å²) in [4.78, 5) is 12.0. The molecule has 0 saturated heterocycles. The number of nitrogens with one attached hydrogen (secondary N) is 1. The van der Waals surface area contributed by atoms with E-state index in [2.05, 4.69) is 15.5 Å². The second-order valence-corrected chi connectivity index (χ2v) is 8.63. The van der Waals surface area contributed by atoms with Gasteiger partial charge >= 0.3 is 0 Å². The van der Waals surface area contributed by atoms with Crippen LogP contribution in [0.15, 0.2) is 47.4 Å². The Morgan fingerprint density at radius 2 is 1.67 bits per heavy atom. The Morgan fingerprint density at radius 1 is 1.04 bits per heavy atom. The van der Waals surface area contributed by atoms with Gasteiger partial charge in [0.1, 0.15) is 0 Å². The number of primary amides is 1. The molecule has 3 rings (SSSR count). The third kappa shape index (κ3) is 3.90. The SMILES string of the molecule is CC(C)Nc1c(C(N)=O)nnc2ccc(-c3ccc(S(C)(=O)=O)cc3)cc12. The monoisotopic (exact) mass is 384 g/mol. The molecule has 1 aromatic heterocycles. The minimum Gasteiger partial charge on any atom is -0.380 e. The van der Waals surface area contributed by atoms with Crippen LogP contribution in [-0.2, 0) is 9.84 Å². The molecule has 1 heterocycles. The highest BCUT2D eigenvalue weighted by atomic mass is 32.2. The predicted octanol–water partition coefficient (Wildman–Crippen LogP) is 2.62. The number of carbonyl (C=O) groups is 1. The topological polar surface area (TPSA) is 115 Å². The molecule has 0 fully saturated rings. The second kappa shape index (κ2) is 6.96. The second-order valence-electron chi connectivity index (χ2n) is 6.62. The minimum absolute atomic E-state index is 0.0631. The maximum absolute atomic E-state index is 11.8. The zero-order valence-electron chi connectivity index (χ0n) is 15.2. The lowest BCUT2D eigenvalue weighted by Gasteiger charge is -2.15. The summed E-state index contributed by atoms with van der Waals surface area (Å²) in [6.45, 7) is 3.90. The highest BCUT2D eigenvalue weighted by molar-refractivity contribution is 7.90. The number of aromatic nitrogens is 2. The molecule has 0 saturated carbocycles. The summed E-state index contributed by atoms with van der Waals surface area (Å²) in [5.41, 5.74) is 8.40. The molecule has 3 N–H and O–H groups in total. The molecule has 0 radical (unpaired) electrons. The number of anilines is 1. The summed E-state index contributed by atoms with van der Waals surface area (Å²) in [5, 5.41) is 12.0. The highest BCUT2D eigenvalue weighted by Crippen LogP contribution is 2.30. The van der Waals surface area contributed by atoms with Crippen LogP contribution >= 0.6 is 0 Å². The summed E-state index contributed by atoms with van der Waals surface area (Å²) in [5.74, 6) is -0.657. The largest absolute Gasteiger partial charge is 0.380 e. The van der Waals surface area contributed by atoms with Crippen LogP contribution in [0.2, 0.25) is 0 Å². The molecule has 0 spiro atoms. The number of benzene rings is 2. The Morgan fingerprint density at radius 3 is 2.22 bits per heavy atom. The van der Waals surface area contributed by atoms with E-state index in [1.165, 1.54) is 6.26 Å². The molecule has 27 heavy (non-hydrogen) atoms. The van der Waals surface area contributed by atoms with Gasteiger partial charge in [0, 0.05) is 17.7 Å². The van der Waals surface area contributed by atoms with Gasteiger partial charge in [0.05, 0.1) is 16.1 Å². The molecule has 0 unspecified atom stereocenters. The summed E-state index contributed by atoms with van der Waals surface area (Å²) < 4.78 is 23.3. The summed E-state index contributed by atoms with van der Waals surface area (Å²) in [6.07, 6.45) is 1.17. The van der Waals surface area contributed by atoms with Gasteiger partial charge in [-0.2, -0.15) is 0 Å². The molecule has 0 atom stereocenters. The Hall–Kier alpha value is -3.00. The number of fused-ring (bicyclic) bond motifs is 1. The van der Waals surface area contributed by atoms with Crippen molar-refractivity contribution in [2.45, 2.75) is 24.8 Å². The summed E-state index contributed by atoms with van der Waals surface area (Å²) in [7, 11) is -3.25. The number of nitrogens with zero attached hydrogens (tertiary/aromatic N) is 2. The first-order valence-electron chi connectivity index (χ1n) is 8.34. The van der Waals surface area contributed by atoms with Crippen LogP contribution in [-0.4, -0.2) is 36.8 Å². The van der Waals surface area contributed by atoms with E-state index in [0.717, 1.165) is 16.5 Å². The fourth-order valence-corrected chi connectivity index (χ4v) is 3.42. The summed E-state index contributed by atoms with van der Waals surface area (Å²) >= 11 is 0. The molecule has 7 nitrogen and oxygen atoms in total. The number of carbonyl (C=O) groups excluding carboxylic acids is 1. The van der Waals surface area contributed by atoms with E-state index in [1.807, 2.05) is 26.0 Å². The molecular formula is C19H20N4O3S.